The Kier molecular flexibility index (Phi) is 3.46. The lowest BCUT2D eigenvalue weighted by Gasteiger charge is -2.19. The van der Waals surface area contributed by atoms with Crippen LogP contribution in [0.1, 0.15) is 13.3 Å². The van der Waals surface area contributed by atoms with Crippen molar-refractivity contribution in [3.05, 3.63) is 0 Å². The summed E-state index contributed by atoms with van der Waals surface area (Å²) in [6.07, 6.45) is 0.0554. The fourth-order valence-corrected chi connectivity index (χ4v) is 1.52. The van der Waals surface area contributed by atoms with Gasteiger partial charge in [0.25, 0.3) is 5.91 Å². The normalized spacial score (nSPS) is 23.6. The number of ether oxygens (including phenoxy) is 1. The highest BCUT2D eigenvalue weighted by atomic mass is 16.5. The van der Waals surface area contributed by atoms with Gasteiger partial charge in [0.1, 0.15) is 6.10 Å². The van der Waals surface area contributed by atoms with Crippen LogP contribution < -0.4 is 0 Å². The van der Waals surface area contributed by atoms with Gasteiger partial charge in [-0.2, -0.15) is 0 Å². The largest absolute Gasteiger partial charge is 0.481 e. The van der Waals surface area contributed by atoms with Crippen molar-refractivity contribution in [3.8, 4) is 0 Å². The molecule has 0 aromatic heterocycles. The molecule has 2 unspecified atom stereocenters. The van der Waals surface area contributed by atoms with E-state index in [9.17, 15) is 9.59 Å². The number of carboxylic acid groups (broad SMARTS) is 1. The van der Waals surface area contributed by atoms with Crippen molar-refractivity contribution in [1.29, 1.82) is 0 Å². The summed E-state index contributed by atoms with van der Waals surface area (Å²) in [4.78, 5) is 23.7. The molecule has 0 bridgehead atoms. The summed E-state index contributed by atoms with van der Waals surface area (Å²) in [6, 6.07) is 0. The Bertz CT molecular complexity index is 241. The molecule has 0 radical (unpaired) electrons. The molecule has 80 valence electrons. The van der Waals surface area contributed by atoms with Crippen molar-refractivity contribution in [2.75, 3.05) is 20.2 Å². The monoisotopic (exact) mass is 201 g/mol. The molecule has 0 aromatic rings. The summed E-state index contributed by atoms with van der Waals surface area (Å²) in [5.74, 6) is -1.37. The molecule has 1 aliphatic rings. The average Bonchev–Trinajstić information content (AvgIpc) is 2.64. The van der Waals surface area contributed by atoms with E-state index in [0.29, 0.717) is 19.5 Å². The van der Waals surface area contributed by atoms with Crippen LogP contribution in [0.25, 0.3) is 0 Å². The highest BCUT2D eigenvalue weighted by molar-refractivity contribution is 5.82. The zero-order valence-electron chi connectivity index (χ0n) is 8.40. The van der Waals surface area contributed by atoms with Crippen LogP contribution in [0.15, 0.2) is 0 Å². The number of amides is 1. The van der Waals surface area contributed by atoms with Gasteiger partial charge in [-0.25, -0.2) is 0 Å². The molecule has 1 saturated heterocycles. The van der Waals surface area contributed by atoms with E-state index >= 15 is 0 Å². The number of hydrogen-bond acceptors (Lipinski definition) is 3. The van der Waals surface area contributed by atoms with Gasteiger partial charge in [0.2, 0.25) is 0 Å². The van der Waals surface area contributed by atoms with Gasteiger partial charge < -0.3 is 14.7 Å². The molecule has 14 heavy (non-hydrogen) atoms. The molecular weight excluding hydrogens is 186 g/mol. The lowest BCUT2D eigenvalue weighted by Crippen LogP contribution is -2.37. The Morgan fingerprint density at radius 1 is 1.57 bits per heavy atom. The minimum atomic E-state index is -0.828. The third-order valence-corrected chi connectivity index (χ3v) is 2.55. The van der Waals surface area contributed by atoms with Crippen LogP contribution in [-0.2, 0) is 14.3 Å². The summed E-state index contributed by atoms with van der Waals surface area (Å²) in [5.41, 5.74) is 0. The molecule has 1 aliphatic heterocycles. The predicted molar refractivity (Wildman–Crippen MR) is 48.8 cm³/mol. The maximum absolute atomic E-state index is 11.6. The Hall–Kier alpha value is -1.10. The lowest BCUT2D eigenvalue weighted by molar-refractivity contribution is -0.142. The van der Waals surface area contributed by atoms with E-state index in [4.69, 9.17) is 9.84 Å². The van der Waals surface area contributed by atoms with Crippen LogP contribution in [0.3, 0.4) is 0 Å². The van der Waals surface area contributed by atoms with Gasteiger partial charge >= 0.3 is 5.97 Å². The summed E-state index contributed by atoms with van der Waals surface area (Å²) in [6.45, 7) is 2.49. The topological polar surface area (TPSA) is 66.8 Å². The molecule has 2 atom stereocenters. The number of carbonyl (C=O) groups is 2. The first-order chi connectivity index (χ1) is 6.56. The summed E-state index contributed by atoms with van der Waals surface area (Å²) in [5, 5.41) is 8.74. The standard InChI is InChI=1S/C9H15NO4/c1-6(14-2)8(11)10-4-3-7(5-10)9(12)13/h6-7H,3-5H2,1-2H3,(H,12,13). The molecule has 0 spiro atoms. The zero-order valence-corrected chi connectivity index (χ0v) is 8.40. The van der Waals surface area contributed by atoms with Crippen LogP contribution in [0, 0.1) is 5.92 Å². The first-order valence-corrected chi connectivity index (χ1v) is 4.60. The van der Waals surface area contributed by atoms with Gasteiger partial charge in [-0.1, -0.05) is 0 Å². The van der Waals surface area contributed by atoms with E-state index < -0.39 is 18.0 Å². The molecule has 1 rings (SSSR count). The molecule has 0 saturated carbocycles. The van der Waals surface area contributed by atoms with E-state index in [1.165, 1.54) is 7.11 Å². The highest BCUT2D eigenvalue weighted by Crippen LogP contribution is 2.17. The van der Waals surface area contributed by atoms with Crippen molar-refractivity contribution >= 4 is 11.9 Å². The third kappa shape index (κ3) is 2.23. The van der Waals surface area contributed by atoms with Crippen molar-refractivity contribution in [1.82, 2.24) is 4.90 Å². The molecular formula is C9H15NO4. The number of likely N-dealkylation sites (tertiary alicyclic amines) is 1. The van der Waals surface area contributed by atoms with E-state index in [1.807, 2.05) is 0 Å². The van der Waals surface area contributed by atoms with E-state index in [-0.39, 0.29) is 5.91 Å². The average molecular weight is 201 g/mol. The third-order valence-electron chi connectivity index (χ3n) is 2.55. The van der Waals surface area contributed by atoms with E-state index in [0.717, 1.165) is 0 Å². The van der Waals surface area contributed by atoms with Gasteiger partial charge in [-0.15, -0.1) is 0 Å². The van der Waals surface area contributed by atoms with E-state index in [1.54, 1.807) is 11.8 Å². The number of rotatable bonds is 3. The number of methoxy groups -OCH3 is 1. The van der Waals surface area contributed by atoms with Crippen molar-refractivity contribution in [2.45, 2.75) is 19.4 Å². The SMILES string of the molecule is COC(C)C(=O)N1CCC(C(=O)O)C1. The second kappa shape index (κ2) is 4.41. The second-order valence-electron chi connectivity index (χ2n) is 3.49. The summed E-state index contributed by atoms with van der Waals surface area (Å²) >= 11 is 0. The Morgan fingerprint density at radius 3 is 2.64 bits per heavy atom. The van der Waals surface area contributed by atoms with Crippen LogP contribution in [0.4, 0.5) is 0 Å². The van der Waals surface area contributed by atoms with Crippen LogP contribution in [0.2, 0.25) is 0 Å². The fourth-order valence-electron chi connectivity index (χ4n) is 1.52. The second-order valence-corrected chi connectivity index (χ2v) is 3.49. The smallest absolute Gasteiger partial charge is 0.308 e. The molecule has 1 amide bonds. The predicted octanol–water partition coefficient (Wildman–Crippen LogP) is -0.0456. The van der Waals surface area contributed by atoms with Gasteiger partial charge in [-0.3, -0.25) is 9.59 Å². The zero-order chi connectivity index (χ0) is 10.7. The van der Waals surface area contributed by atoms with Crippen LogP contribution in [0.5, 0.6) is 0 Å². The van der Waals surface area contributed by atoms with E-state index in [2.05, 4.69) is 0 Å². The van der Waals surface area contributed by atoms with Gasteiger partial charge in [-0.05, 0) is 13.3 Å². The van der Waals surface area contributed by atoms with Gasteiger partial charge in [0, 0.05) is 20.2 Å². The quantitative estimate of drug-likeness (QED) is 0.695. The maximum atomic E-state index is 11.6. The Labute approximate surface area is 82.6 Å². The van der Waals surface area contributed by atoms with Crippen LogP contribution >= 0.6 is 0 Å². The maximum Gasteiger partial charge on any atom is 0.308 e. The molecule has 1 fully saturated rings. The number of carbonyl (C=O) groups excluding carboxylic acids is 1. The summed E-state index contributed by atoms with van der Waals surface area (Å²) in [7, 11) is 1.47. The van der Waals surface area contributed by atoms with Crippen molar-refractivity contribution in [3.63, 3.8) is 0 Å². The fraction of sp³-hybridized carbons (Fsp3) is 0.778. The molecule has 1 heterocycles. The molecule has 0 aliphatic carbocycles. The number of aliphatic carboxylic acids is 1. The number of nitrogens with zero attached hydrogens (tertiary/aromatic N) is 1. The Balaban J connectivity index is 2.49. The molecule has 5 nitrogen and oxygen atoms in total. The first kappa shape index (κ1) is 11.0. The van der Waals surface area contributed by atoms with Gasteiger partial charge in [0.05, 0.1) is 5.92 Å². The number of hydrogen-bond donors (Lipinski definition) is 1. The van der Waals surface area contributed by atoms with Crippen LogP contribution in [-0.4, -0.2) is 48.2 Å². The van der Waals surface area contributed by atoms with Crippen molar-refractivity contribution in [2.24, 2.45) is 5.92 Å². The lowest BCUT2D eigenvalue weighted by atomic mass is 10.1. The van der Waals surface area contributed by atoms with Gasteiger partial charge in [0.15, 0.2) is 0 Å². The van der Waals surface area contributed by atoms with Crippen molar-refractivity contribution < 1.29 is 19.4 Å². The number of carboxylic acids is 1. The minimum absolute atomic E-state index is 0.128. The molecule has 1 N–H and O–H groups in total. The summed E-state index contributed by atoms with van der Waals surface area (Å²) < 4.78 is 4.88. The Morgan fingerprint density at radius 2 is 2.21 bits per heavy atom. The molecule has 5 heteroatoms. The highest BCUT2D eigenvalue weighted by Gasteiger charge is 2.32. The molecule has 0 aromatic carbocycles. The minimum Gasteiger partial charge on any atom is -0.481 e. The first-order valence-electron chi connectivity index (χ1n) is 4.60.